The van der Waals surface area contributed by atoms with E-state index in [9.17, 15) is 0 Å². The number of aliphatic hydroxyl groups excluding tert-OH is 1. The summed E-state index contributed by atoms with van der Waals surface area (Å²) >= 11 is 0. The van der Waals surface area contributed by atoms with Crippen LogP contribution in [-0.4, -0.2) is 17.4 Å². The Hall–Kier alpha value is -1.42. The fourth-order valence-electron chi connectivity index (χ4n) is 1.19. The highest BCUT2D eigenvalue weighted by Crippen LogP contribution is 2.32. The first-order valence-electron chi connectivity index (χ1n) is 3.54. The standard InChI is InChI=1S/C5H8N6O/c6-10-8-5(9-11-7)3-1-4(12)2-3/h3-5,12H,1-2H2. The van der Waals surface area contributed by atoms with Crippen LogP contribution in [0, 0.1) is 5.92 Å². The summed E-state index contributed by atoms with van der Waals surface area (Å²) in [5.74, 6) is 0.00630. The summed E-state index contributed by atoms with van der Waals surface area (Å²) < 4.78 is 0. The van der Waals surface area contributed by atoms with E-state index in [1.54, 1.807) is 0 Å². The van der Waals surface area contributed by atoms with Gasteiger partial charge in [0.2, 0.25) is 0 Å². The van der Waals surface area contributed by atoms with E-state index >= 15 is 0 Å². The Kier molecular flexibility index (Phi) is 2.76. The number of azide groups is 1. The summed E-state index contributed by atoms with van der Waals surface area (Å²) in [5.41, 5.74) is 16.2. The highest BCUT2D eigenvalue weighted by molar-refractivity contribution is 4.87. The van der Waals surface area contributed by atoms with Crippen molar-refractivity contribution in [2.45, 2.75) is 25.1 Å². The SMILES string of the molecule is [N-]=[N+]=NC(N=[N+]=[N-])C1CC(O)C1. The van der Waals surface area contributed by atoms with Crippen molar-refractivity contribution in [2.24, 2.45) is 16.1 Å². The van der Waals surface area contributed by atoms with E-state index in [0.717, 1.165) is 0 Å². The molecule has 0 atom stereocenters. The molecule has 0 amide bonds. The molecule has 1 aliphatic rings. The predicted molar refractivity (Wildman–Crippen MR) is 40.8 cm³/mol. The van der Waals surface area contributed by atoms with Crippen LogP contribution in [-0.2, 0) is 0 Å². The van der Waals surface area contributed by atoms with Crippen LogP contribution in [0.2, 0.25) is 0 Å². The number of nitrogens with zero attached hydrogens (tertiary/aromatic N) is 6. The van der Waals surface area contributed by atoms with Gasteiger partial charge in [0.1, 0.15) is 6.17 Å². The summed E-state index contributed by atoms with van der Waals surface area (Å²) in [6.45, 7) is 0. The maximum absolute atomic E-state index is 8.93. The van der Waals surface area contributed by atoms with Crippen molar-refractivity contribution in [3.05, 3.63) is 20.9 Å². The lowest BCUT2D eigenvalue weighted by Crippen LogP contribution is -2.34. The molecule has 12 heavy (non-hydrogen) atoms. The van der Waals surface area contributed by atoms with Gasteiger partial charge in [-0.2, -0.15) is 0 Å². The van der Waals surface area contributed by atoms with Crippen LogP contribution in [0.4, 0.5) is 0 Å². The first-order chi connectivity index (χ1) is 5.77. The van der Waals surface area contributed by atoms with Crippen molar-refractivity contribution in [1.29, 1.82) is 0 Å². The zero-order valence-electron chi connectivity index (χ0n) is 6.28. The van der Waals surface area contributed by atoms with Crippen LogP contribution in [0.15, 0.2) is 10.2 Å². The highest BCUT2D eigenvalue weighted by Gasteiger charge is 2.32. The largest absolute Gasteiger partial charge is 0.393 e. The fraction of sp³-hybridized carbons (Fsp3) is 1.00. The molecule has 64 valence electrons. The van der Waals surface area contributed by atoms with E-state index in [1.165, 1.54) is 0 Å². The summed E-state index contributed by atoms with van der Waals surface area (Å²) in [7, 11) is 0. The lowest BCUT2D eigenvalue weighted by molar-refractivity contribution is 0.0321. The lowest BCUT2D eigenvalue weighted by atomic mass is 9.80. The van der Waals surface area contributed by atoms with Gasteiger partial charge in [-0.15, -0.1) is 0 Å². The molecule has 0 aromatic carbocycles. The van der Waals surface area contributed by atoms with Crippen LogP contribution in [0.1, 0.15) is 12.8 Å². The molecule has 1 saturated carbocycles. The first kappa shape index (κ1) is 8.67. The lowest BCUT2D eigenvalue weighted by Gasteiger charge is -2.33. The molecule has 0 unspecified atom stereocenters. The Morgan fingerprint density at radius 1 is 1.25 bits per heavy atom. The van der Waals surface area contributed by atoms with Crippen molar-refractivity contribution in [3.63, 3.8) is 0 Å². The molecule has 1 rings (SSSR count). The zero-order valence-corrected chi connectivity index (χ0v) is 6.28. The number of rotatable bonds is 3. The molecule has 1 fully saturated rings. The van der Waals surface area contributed by atoms with Gasteiger partial charge in [-0.25, -0.2) is 0 Å². The monoisotopic (exact) mass is 168 g/mol. The second-order valence-corrected chi connectivity index (χ2v) is 2.71. The average molecular weight is 168 g/mol. The van der Waals surface area contributed by atoms with Crippen molar-refractivity contribution in [1.82, 2.24) is 0 Å². The average Bonchev–Trinajstić information content (AvgIpc) is 1.99. The van der Waals surface area contributed by atoms with Gasteiger partial charge in [0.15, 0.2) is 0 Å². The van der Waals surface area contributed by atoms with Gasteiger partial charge < -0.3 is 5.11 Å². The molecule has 0 aliphatic heterocycles. The van der Waals surface area contributed by atoms with Gasteiger partial charge in [-0.1, -0.05) is 10.2 Å². The maximum Gasteiger partial charge on any atom is 0.119 e. The van der Waals surface area contributed by atoms with Crippen LogP contribution in [0.3, 0.4) is 0 Å². The smallest absolute Gasteiger partial charge is 0.119 e. The molecule has 1 N–H and O–H groups in total. The zero-order chi connectivity index (χ0) is 8.97. The van der Waals surface area contributed by atoms with Crippen LogP contribution >= 0.6 is 0 Å². The molecular weight excluding hydrogens is 160 g/mol. The minimum absolute atomic E-state index is 0.00630. The van der Waals surface area contributed by atoms with E-state index in [4.69, 9.17) is 16.2 Å². The fourth-order valence-corrected chi connectivity index (χ4v) is 1.19. The Labute approximate surface area is 68.3 Å². The second kappa shape index (κ2) is 3.82. The maximum atomic E-state index is 8.93. The molecule has 1 aliphatic carbocycles. The van der Waals surface area contributed by atoms with E-state index in [2.05, 4.69) is 20.1 Å². The van der Waals surface area contributed by atoms with E-state index < -0.39 is 6.17 Å². The number of aliphatic hydroxyl groups is 1. The van der Waals surface area contributed by atoms with Gasteiger partial charge in [-0.3, -0.25) is 0 Å². The molecule has 7 nitrogen and oxygen atoms in total. The molecule has 0 aromatic heterocycles. The van der Waals surface area contributed by atoms with E-state index in [-0.39, 0.29) is 12.0 Å². The summed E-state index contributed by atoms with van der Waals surface area (Å²) in [4.78, 5) is 5.12. The van der Waals surface area contributed by atoms with Crippen molar-refractivity contribution in [3.8, 4) is 0 Å². The van der Waals surface area contributed by atoms with Gasteiger partial charge in [0.05, 0.1) is 6.10 Å². The molecule has 0 radical (unpaired) electrons. The highest BCUT2D eigenvalue weighted by atomic mass is 16.3. The quantitative estimate of drug-likeness (QED) is 0.385. The van der Waals surface area contributed by atoms with E-state index in [1.807, 2.05) is 0 Å². The predicted octanol–water partition coefficient (Wildman–Crippen LogP) is 1.70. The van der Waals surface area contributed by atoms with Crippen molar-refractivity contribution >= 4 is 0 Å². The van der Waals surface area contributed by atoms with Crippen LogP contribution in [0.5, 0.6) is 0 Å². The third kappa shape index (κ3) is 1.79. The molecule has 0 saturated heterocycles. The molecule has 7 heteroatoms. The Morgan fingerprint density at radius 2 is 1.75 bits per heavy atom. The second-order valence-electron chi connectivity index (χ2n) is 2.71. The summed E-state index contributed by atoms with van der Waals surface area (Å²) in [5, 5.41) is 15.6. The number of hydrogen-bond acceptors (Lipinski definition) is 3. The van der Waals surface area contributed by atoms with Crippen molar-refractivity contribution < 1.29 is 5.11 Å². The Bertz CT molecular complexity index is 229. The molecule has 0 aromatic rings. The number of hydrogen-bond donors (Lipinski definition) is 1. The first-order valence-corrected chi connectivity index (χ1v) is 3.54. The molecule has 0 bridgehead atoms. The minimum Gasteiger partial charge on any atom is -0.393 e. The van der Waals surface area contributed by atoms with Gasteiger partial charge in [0, 0.05) is 9.82 Å². The van der Waals surface area contributed by atoms with Gasteiger partial charge >= 0.3 is 0 Å². The summed E-state index contributed by atoms with van der Waals surface area (Å²) in [6, 6.07) is 0. The Morgan fingerprint density at radius 3 is 2.08 bits per heavy atom. The minimum atomic E-state index is -0.677. The molecule has 0 spiro atoms. The van der Waals surface area contributed by atoms with Crippen LogP contribution < -0.4 is 0 Å². The molecule has 0 heterocycles. The van der Waals surface area contributed by atoms with Gasteiger partial charge in [-0.05, 0) is 29.8 Å². The van der Waals surface area contributed by atoms with Gasteiger partial charge in [0.25, 0.3) is 0 Å². The van der Waals surface area contributed by atoms with Crippen LogP contribution in [0.25, 0.3) is 20.9 Å². The Balaban J connectivity index is 2.54. The van der Waals surface area contributed by atoms with E-state index in [0.29, 0.717) is 12.8 Å². The normalized spacial score (nSPS) is 29.1. The third-order valence-corrected chi connectivity index (χ3v) is 1.91. The summed E-state index contributed by atoms with van der Waals surface area (Å²) in [6.07, 6.45) is 0.0782. The topological polar surface area (TPSA) is 118 Å². The molecular formula is C5H8N6O. The van der Waals surface area contributed by atoms with Crippen molar-refractivity contribution in [2.75, 3.05) is 0 Å². The third-order valence-electron chi connectivity index (χ3n) is 1.91.